The number of rotatable bonds is 10. The first-order chi connectivity index (χ1) is 16.3. The molecule has 5 nitrogen and oxygen atoms in total. The number of hydrogen-bond donors (Lipinski definition) is 1. The summed E-state index contributed by atoms with van der Waals surface area (Å²) in [5.74, 6) is 0.0807. The van der Waals surface area contributed by atoms with Crippen LogP contribution in [0.5, 0.6) is 5.75 Å². The molecule has 2 amide bonds. The van der Waals surface area contributed by atoms with E-state index in [1.807, 2.05) is 56.3 Å². The normalized spacial score (nSPS) is 11.7. The third kappa shape index (κ3) is 7.24. The highest BCUT2D eigenvalue weighted by Gasteiger charge is 2.32. The highest BCUT2D eigenvalue weighted by molar-refractivity contribution is 6.32. The average molecular weight is 499 g/mol. The van der Waals surface area contributed by atoms with Crippen LogP contribution >= 0.6 is 23.2 Å². The highest BCUT2D eigenvalue weighted by Crippen LogP contribution is 2.26. The zero-order chi connectivity index (χ0) is 24.5. The van der Waals surface area contributed by atoms with Crippen LogP contribution in [0.4, 0.5) is 0 Å². The van der Waals surface area contributed by atoms with E-state index in [0.717, 1.165) is 5.56 Å². The Kier molecular flexibility index (Phi) is 9.37. The minimum atomic E-state index is -0.835. The number of carbonyl (C=O) groups is 2. The van der Waals surface area contributed by atoms with Gasteiger partial charge in [-0.1, -0.05) is 91.6 Å². The third-order valence-electron chi connectivity index (χ3n) is 5.13. The van der Waals surface area contributed by atoms with Gasteiger partial charge in [0.2, 0.25) is 5.91 Å². The lowest BCUT2D eigenvalue weighted by Gasteiger charge is -2.32. The maximum absolute atomic E-state index is 13.5. The molecule has 0 heterocycles. The Morgan fingerprint density at radius 3 is 2.21 bits per heavy atom. The first kappa shape index (κ1) is 25.6. The summed E-state index contributed by atoms with van der Waals surface area (Å²) in [4.78, 5) is 28.4. The molecule has 0 aromatic heterocycles. The van der Waals surface area contributed by atoms with Crippen LogP contribution in [0, 0.1) is 5.92 Å². The van der Waals surface area contributed by atoms with Crippen molar-refractivity contribution in [2.75, 3.05) is 13.2 Å². The van der Waals surface area contributed by atoms with Crippen LogP contribution in [0.3, 0.4) is 0 Å². The van der Waals surface area contributed by atoms with Gasteiger partial charge in [-0.15, -0.1) is 0 Å². The van der Waals surface area contributed by atoms with Gasteiger partial charge >= 0.3 is 0 Å². The monoisotopic (exact) mass is 498 g/mol. The fourth-order valence-electron chi connectivity index (χ4n) is 3.40. The van der Waals surface area contributed by atoms with Gasteiger partial charge in [0.1, 0.15) is 11.8 Å². The Bertz CT molecular complexity index is 1090. The molecule has 0 fully saturated rings. The number of benzene rings is 3. The number of nitrogens with zero attached hydrogens (tertiary/aromatic N) is 1. The molecule has 0 bridgehead atoms. The fraction of sp³-hybridized carbons (Fsp3) is 0.259. The first-order valence-electron chi connectivity index (χ1n) is 11.1. The van der Waals surface area contributed by atoms with Crippen LogP contribution in [-0.4, -0.2) is 29.9 Å². The Labute approximate surface area is 210 Å². The molecule has 0 spiro atoms. The molecule has 0 radical (unpaired) electrons. The number of amides is 2. The molecule has 3 rings (SSSR count). The number of para-hydroxylation sites is 1. The molecule has 7 heteroatoms. The van der Waals surface area contributed by atoms with E-state index < -0.39 is 6.04 Å². The lowest BCUT2D eigenvalue weighted by Crippen LogP contribution is -2.45. The maximum atomic E-state index is 13.5. The maximum Gasteiger partial charge on any atom is 0.261 e. The summed E-state index contributed by atoms with van der Waals surface area (Å²) in [6.45, 7) is 4.48. The largest absolute Gasteiger partial charge is 0.482 e. The van der Waals surface area contributed by atoms with Crippen molar-refractivity contribution in [3.05, 3.63) is 100 Å². The lowest BCUT2D eigenvalue weighted by molar-refractivity contribution is -0.143. The molecule has 0 unspecified atom stereocenters. The molecule has 0 saturated carbocycles. The van der Waals surface area contributed by atoms with Crippen LogP contribution in [-0.2, 0) is 16.1 Å². The number of hydrogen-bond acceptors (Lipinski definition) is 3. The molecule has 1 N–H and O–H groups in total. The van der Waals surface area contributed by atoms with E-state index in [-0.39, 0.29) is 30.9 Å². The Hall–Kier alpha value is -3.02. The summed E-state index contributed by atoms with van der Waals surface area (Å²) in [6, 6.07) is 22.6. The van der Waals surface area contributed by atoms with E-state index in [9.17, 15) is 9.59 Å². The molecular formula is C27H28Cl2N2O3. The molecule has 0 saturated heterocycles. The molecule has 0 aliphatic heterocycles. The van der Waals surface area contributed by atoms with Crippen molar-refractivity contribution in [1.82, 2.24) is 10.2 Å². The van der Waals surface area contributed by atoms with E-state index in [4.69, 9.17) is 27.9 Å². The van der Waals surface area contributed by atoms with Crippen LogP contribution in [0.15, 0.2) is 78.9 Å². The summed E-state index contributed by atoms with van der Waals surface area (Å²) in [7, 11) is 0. The zero-order valence-electron chi connectivity index (χ0n) is 19.2. The van der Waals surface area contributed by atoms with Crippen molar-refractivity contribution < 1.29 is 14.3 Å². The summed E-state index contributed by atoms with van der Waals surface area (Å²) in [5.41, 5.74) is 1.55. The quantitative estimate of drug-likeness (QED) is 0.377. The van der Waals surface area contributed by atoms with E-state index in [1.54, 1.807) is 36.4 Å². The van der Waals surface area contributed by atoms with Gasteiger partial charge in [0.15, 0.2) is 6.61 Å². The van der Waals surface area contributed by atoms with Crippen molar-refractivity contribution in [3.8, 4) is 5.75 Å². The predicted molar refractivity (Wildman–Crippen MR) is 136 cm³/mol. The van der Waals surface area contributed by atoms with Crippen LogP contribution in [0.1, 0.15) is 31.0 Å². The molecule has 0 aliphatic carbocycles. The van der Waals surface area contributed by atoms with Crippen molar-refractivity contribution >= 4 is 35.0 Å². The van der Waals surface area contributed by atoms with Gasteiger partial charge in [-0.3, -0.25) is 9.59 Å². The standard InChI is InChI=1S/C27H28Cl2N2O3/c1-19(2)16-30-27(33)26(21-8-4-3-5-9-21)31(17-20-12-14-22(28)15-13-20)25(32)18-34-24-11-7-6-10-23(24)29/h3-15,19,26H,16-18H2,1-2H3,(H,30,33)/t26-/m1/s1. The van der Waals surface area contributed by atoms with Gasteiger partial charge in [0, 0.05) is 18.1 Å². The number of ether oxygens (including phenoxy) is 1. The minimum Gasteiger partial charge on any atom is -0.482 e. The molecule has 34 heavy (non-hydrogen) atoms. The first-order valence-corrected chi connectivity index (χ1v) is 11.8. The molecule has 1 atom stereocenters. The molecule has 178 valence electrons. The van der Waals surface area contributed by atoms with E-state index in [0.29, 0.717) is 27.9 Å². The second-order valence-corrected chi connectivity index (χ2v) is 9.16. The minimum absolute atomic E-state index is 0.205. The number of carbonyl (C=O) groups excluding carboxylic acids is 2. The summed E-state index contributed by atoms with van der Waals surface area (Å²) >= 11 is 12.2. The second kappa shape index (κ2) is 12.4. The summed E-state index contributed by atoms with van der Waals surface area (Å²) < 4.78 is 5.72. The summed E-state index contributed by atoms with van der Waals surface area (Å²) in [5, 5.41) is 3.98. The molecule has 3 aromatic carbocycles. The summed E-state index contributed by atoms with van der Waals surface area (Å²) in [6.07, 6.45) is 0. The van der Waals surface area contributed by atoms with Gasteiger partial charge in [0.25, 0.3) is 5.91 Å². The molecule has 3 aromatic rings. The average Bonchev–Trinajstić information content (AvgIpc) is 2.83. The molecular weight excluding hydrogens is 471 g/mol. The van der Waals surface area contributed by atoms with Gasteiger partial charge in [-0.05, 0) is 41.3 Å². The highest BCUT2D eigenvalue weighted by atomic mass is 35.5. The van der Waals surface area contributed by atoms with Crippen LogP contribution in [0.25, 0.3) is 0 Å². The van der Waals surface area contributed by atoms with Gasteiger partial charge in [-0.2, -0.15) is 0 Å². The van der Waals surface area contributed by atoms with Gasteiger partial charge in [0.05, 0.1) is 5.02 Å². The third-order valence-corrected chi connectivity index (χ3v) is 5.70. The number of nitrogens with one attached hydrogen (secondary N) is 1. The van der Waals surface area contributed by atoms with Crippen LogP contribution in [0.2, 0.25) is 10.0 Å². The van der Waals surface area contributed by atoms with E-state index in [2.05, 4.69) is 5.32 Å². The second-order valence-electron chi connectivity index (χ2n) is 8.32. The Balaban J connectivity index is 1.93. The Morgan fingerprint density at radius 2 is 1.56 bits per heavy atom. The van der Waals surface area contributed by atoms with Crippen LogP contribution < -0.4 is 10.1 Å². The Morgan fingerprint density at radius 1 is 0.912 bits per heavy atom. The van der Waals surface area contributed by atoms with Gasteiger partial charge < -0.3 is 15.0 Å². The van der Waals surface area contributed by atoms with Crippen molar-refractivity contribution in [2.45, 2.75) is 26.4 Å². The van der Waals surface area contributed by atoms with E-state index >= 15 is 0 Å². The predicted octanol–water partition coefficient (Wildman–Crippen LogP) is 5.91. The SMILES string of the molecule is CC(C)CNC(=O)[C@@H](c1ccccc1)N(Cc1ccc(Cl)cc1)C(=O)COc1ccccc1Cl. The zero-order valence-corrected chi connectivity index (χ0v) is 20.7. The smallest absolute Gasteiger partial charge is 0.261 e. The van der Waals surface area contributed by atoms with Crippen molar-refractivity contribution in [2.24, 2.45) is 5.92 Å². The van der Waals surface area contributed by atoms with Crippen molar-refractivity contribution in [1.29, 1.82) is 0 Å². The topological polar surface area (TPSA) is 58.6 Å². The van der Waals surface area contributed by atoms with E-state index in [1.165, 1.54) is 4.90 Å². The lowest BCUT2D eigenvalue weighted by atomic mass is 10.0. The van der Waals surface area contributed by atoms with Crippen molar-refractivity contribution in [3.63, 3.8) is 0 Å². The molecule has 0 aliphatic rings. The fourth-order valence-corrected chi connectivity index (χ4v) is 3.72. The number of halogens is 2. The van der Waals surface area contributed by atoms with Gasteiger partial charge in [-0.25, -0.2) is 0 Å².